The lowest BCUT2D eigenvalue weighted by Gasteiger charge is -2.35. The van der Waals surface area contributed by atoms with Crippen LogP contribution in [-0.4, -0.2) is 70.8 Å². The number of amides is 4. The second-order valence-electron chi connectivity index (χ2n) is 8.57. The highest BCUT2D eigenvalue weighted by Gasteiger charge is 2.43. The number of hydrogen-bond acceptors (Lipinski definition) is 3. The summed E-state index contributed by atoms with van der Waals surface area (Å²) in [4.78, 5) is 44.6. The van der Waals surface area contributed by atoms with Crippen molar-refractivity contribution in [1.29, 1.82) is 0 Å². The molecule has 0 spiro atoms. The van der Waals surface area contributed by atoms with E-state index < -0.39 is 12.1 Å². The Morgan fingerprint density at radius 3 is 2.20 bits per heavy atom. The average molecular weight is 413 g/mol. The van der Waals surface area contributed by atoms with E-state index in [0.717, 1.165) is 44.3 Å². The van der Waals surface area contributed by atoms with E-state index in [9.17, 15) is 14.4 Å². The number of urea groups is 1. The fourth-order valence-corrected chi connectivity index (χ4v) is 4.92. The maximum atomic E-state index is 13.4. The fourth-order valence-electron chi connectivity index (χ4n) is 4.92. The van der Waals surface area contributed by atoms with Gasteiger partial charge in [0.1, 0.15) is 12.1 Å². The van der Waals surface area contributed by atoms with Crippen LogP contribution in [-0.2, 0) is 16.1 Å². The Hall–Kier alpha value is -2.57. The molecular formula is C23H32N4O3. The number of hydrogen-bond donors (Lipinski definition) is 1. The smallest absolute Gasteiger partial charge is 0.320 e. The Kier molecular flexibility index (Phi) is 6.55. The molecule has 3 heterocycles. The third-order valence-corrected chi connectivity index (χ3v) is 6.56. The molecule has 2 atom stereocenters. The number of carbonyl (C=O) groups is 3. The monoisotopic (exact) mass is 412 g/mol. The summed E-state index contributed by atoms with van der Waals surface area (Å²) >= 11 is 0. The molecular weight excluding hydrogens is 380 g/mol. The number of benzene rings is 1. The van der Waals surface area contributed by atoms with E-state index in [-0.39, 0.29) is 17.8 Å². The van der Waals surface area contributed by atoms with Crippen LogP contribution in [0.25, 0.3) is 0 Å². The zero-order valence-corrected chi connectivity index (χ0v) is 17.6. The third kappa shape index (κ3) is 4.45. The van der Waals surface area contributed by atoms with Crippen molar-refractivity contribution in [3.05, 3.63) is 35.9 Å². The molecule has 162 valence electrons. The van der Waals surface area contributed by atoms with Crippen molar-refractivity contribution in [2.24, 2.45) is 0 Å². The van der Waals surface area contributed by atoms with Crippen LogP contribution < -0.4 is 5.32 Å². The van der Waals surface area contributed by atoms with Gasteiger partial charge in [-0.1, -0.05) is 30.3 Å². The van der Waals surface area contributed by atoms with Crippen LogP contribution in [0.15, 0.2) is 30.3 Å². The van der Waals surface area contributed by atoms with Crippen LogP contribution in [0, 0.1) is 0 Å². The van der Waals surface area contributed by atoms with E-state index in [1.54, 1.807) is 9.80 Å². The molecule has 1 aromatic carbocycles. The molecule has 3 fully saturated rings. The lowest BCUT2D eigenvalue weighted by molar-refractivity contribution is -0.141. The highest BCUT2D eigenvalue weighted by atomic mass is 16.2. The normalized spacial score (nSPS) is 24.2. The number of carbonyl (C=O) groups excluding carboxylic acids is 3. The summed E-state index contributed by atoms with van der Waals surface area (Å²) < 4.78 is 0. The minimum atomic E-state index is -0.436. The first kappa shape index (κ1) is 20.7. The molecule has 7 nitrogen and oxygen atoms in total. The van der Waals surface area contributed by atoms with Gasteiger partial charge in [-0.25, -0.2) is 4.79 Å². The van der Waals surface area contributed by atoms with Crippen LogP contribution in [0.3, 0.4) is 0 Å². The van der Waals surface area contributed by atoms with Crippen LogP contribution >= 0.6 is 0 Å². The minimum absolute atomic E-state index is 0.00479. The third-order valence-electron chi connectivity index (χ3n) is 6.56. The second kappa shape index (κ2) is 9.49. The first-order valence-corrected chi connectivity index (χ1v) is 11.3. The standard InChI is InChI=1S/C23H32N4O3/c28-21(24-17-18-9-3-1-4-10-18)19-11-7-15-26(19)22(29)20-12-8-16-27(20)23(30)25-13-5-2-6-14-25/h1,3-4,9-10,19-20H,2,5-8,11-17H2,(H,24,28)/t19-,20-/m1/s1. The number of piperidine rings is 1. The average Bonchev–Trinajstić information content (AvgIpc) is 3.48. The van der Waals surface area contributed by atoms with Crippen LogP contribution in [0.5, 0.6) is 0 Å². The van der Waals surface area contributed by atoms with E-state index in [0.29, 0.717) is 32.5 Å². The van der Waals surface area contributed by atoms with E-state index in [1.165, 1.54) is 6.42 Å². The maximum absolute atomic E-state index is 13.4. The zero-order chi connectivity index (χ0) is 20.9. The molecule has 3 aliphatic heterocycles. The van der Waals surface area contributed by atoms with Gasteiger partial charge in [0, 0.05) is 32.7 Å². The van der Waals surface area contributed by atoms with Crippen molar-refractivity contribution >= 4 is 17.8 Å². The van der Waals surface area contributed by atoms with Gasteiger partial charge in [-0.2, -0.15) is 0 Å². The number of likely N-dealkylation sites (tertiary alicyclic amines) is 3. The van der Waals surface area contributed by atoms with E-state index >= 15 is 0 Å². The highest BCUT2D eigenvalue weighted by molar-refractivity contribution is 5.92. The lowest BCUT2D eigenvalue weighted by Crippen LogP contribution is -2.55. The summed E-state index contributed by atoms with van der Waals surface area (Å²) in [5.41, 5.74) is 1.04. The highest BCUT2D eigenvalue weighted by Crippen LogP contribution is 2.26. The van der Waals surface area contributed by atoms with Gasteiger partial charge in [0.15, 0.2) is 0 Å². The molecule has 7 heteroatoms. The number of nitrogens with zero attached hydrogens (tertiary/aromatic N) is 3. The van der Waals surface area contributed by atoms with Crippen LogP contribution in [0.1, 0.15) is 50.5 Å². The van der Waals surface area contributed by atoms with E-state index in [2.05, 4.69) is 5.32 Å². The molecule has 0 saturated carbocycles. The van der Waals surface area contributed by atoms with Gasteiger partial charge in [0.2, 0.25) is 11.8 Å². The second-order valence-corrected chi connectivity index (χ2v) is 8.57. The lowest BCUT2D eigenvalue weighted by atomic mass is 10.1. The predicted octanol–water partition coefficient (Wildman–Crippen LogP) is 2.36. The summed E-state index contributed by atoms with van der Waals surface area (Å²) in [5.74, 6) is -0.160. The Bertz CT molecular complexity index is 763. The van der Waals surface area contributed by atoms with E-state index in [4.69, 9.17) is 0 Å². The summed E-state index contributed by atoms with van der Waals surface area (Å²) in [6.45, 7) is 3.24. The Morgan fingerprint density at radius 2 is 1.47 bits per heavy atom. The maximum Gasteiger partial charge on any atom is 0.320 e. The van der Waals surface area contributed by atoms with Gasteiger partial charge in [0.25, 0.3) is 0 Å². The summed E-state index contributed by atoms with van der Waals surface area (Å²) in [5, 5.41) is 2.98. The van der Waals surface area contributed by atoms with Crippen molar-refractivity contribution in [1.82, 2.24) is 20.0 Å². The number of nitrogens with one attached hydrogen (secondary N) is 1. The van der Waals surface area contributed by atoms with Gasteiger partial charge in [-0.05, 0) is 50.5 Å². The molecule has 4 amide bonds. The molecule has 1 N–H and O–H groups in total. The molecule has 0 bridgehead atoms. The minimum Gasteiger partial charge on any atom is -0.350 e. The molecule has 0 aliphatic carbocycles. The quantitative estimate of drug-likeness (QED) is 0.825. The van der Waals surface area contributed by atoms with Gasteiger partial charge in [-0.3, -0.25) is 9.59 Å². The van der Waals surface area contributed by atoms with Crippen LogP contribution in [0.4, 0.5) is 4.79 Å². The summed E-state index contributed by atoms with van der Waals surface area (Å²) in [6.07, 6.45) is 6.27. The van der Waals surface area contributed by atoms with Crippen molar-refractivity contribution in [2.75, 3.05) is 26.2 Å². The van der Waals surface area contributed by atoms with Crippen molar-refractivity contribution < 1.29 is 14.4 Å². The molecule has 4 rings (SSSR count). The Morgan fingerprint density at radius 1 is 0.800 bits per heavy atom. The van der Waals surface area contributed by atoms with Gasteiger partial charge in [0.05, 0.1) is 0 Å². The van der Waals surface area contributed by atoms with Gasteiger partial charge in [-0.15, -0.1) is 0 Å². The molecule has 1 aromatic rings. The Labute approximate surface area is 178 Å². The Balaban J connectivity index is 1.38. The summed E-state index contributed by atoms with van der Waals surface area (Å²) in [6, 6.07) is 8.91. The molecule has 30 heavy (non-hydrogen) atoms. The molecule has 0 aromatic heterocycles. The predicted molar refractivity (Wildman–Crippen MR) is 114 cm³/mol. The molecule has 0 unspecified atom stereocenters. The van der Waals surface area contributed by atoms with Crippen molar-refractivity contribution in [3.63, 3.8) is 0 Å². The van der Waals surface area contributed by atoms with Crippen molar-refractivity contribution in [3.8, 4) is 0 Å². The molecule has 3 aliphatic rings. The topological polar surface area (TPSA) is 73.0 Å². The van der Waals surface area contributed by atoms with Gasteiger partial charge < -0.3 is 20.0 Å². The van der Waals surface area contributed by atoms with Crippen molar-refractivity contribution in [2.45, 2.75) is 63.6 Å². The largest absolute Gasteiger partial charge is 0.350 e. The fraction of sp³-hybridized carbons (Fsp3) is 0.609. The first-order valence-electron chi connectivity index (χ1n) is 11.3. The SMILES string of the molecule is O=C(NCc1ccccc1)[C@H]1CCCN1C(=O)[C@H]1CCCN1C(=O)N1CCCCC1. The zero-order valence-electron chi connectivity index (χ0n) is 17.6. The first-order chi connectivity index (χ1) is 14.6. The van der Waals surface area contributed by atoms with Gasteiger partial charge >= 0.3 is 6.03 Å². The molecule has 3 saturated heterocycles. The summed E-state index contributed by atoms with van der Waals surface area (Å²) in [7, 11) is 0. The van der Waals surface area contributed by atoms with Crippen LogP contribution in [0.2, 0.25) is 0 Å². The molecule has 0 radical (unpaired) electrons. The van der Waals surface area contributed by atoms with E-state index in [1.807, 2.05) is 35.2 Å². The number of rotatable bonds is 4.